The number of morpholine rings is 1. The predicted molar refractivity (Wildman–Crippen MR) is 125 cm³/mol. The predicted octanol–water partition coefficient (Wildman–Crippen LogP) is 2.72. The van der Waals surface area contributed by atoms with E-state index in [1.165, 1.54) is 4.88 Å². The third kappa shape index (κ3) is 4.35. The van der Waals surface area contributed by atoms with Crippen molar-refractivity contribution in [2.75, 3.05) is 46.5 Å². The fraction of sp³-hybridized carbons (Fsp3) is 0.750. The molecule has 158 valence electrons. The van der Waals surface area contributed by atoms with Crippen LogP contribution in [0.15, 0.2) is 22.5 Å². The average molecular weight is 520 g/mol. The van der Waals surface area contributed by atoms with Crippen LogP contribution in [0, 0.1) is 11.3 Å². The lowest BCUT2D eigenvalue weighted by Gasteiger charge is -2.55. The third-order valence-electron chi connectivity index (χ3n) is 6.44. The summed E-state index contributed by atoms with van der Waals surface area (Å²) in [4.78, 5) is 8.42. The van der Waals surface area contributed by atoms with Crippen molar-refractivity contribution in [2.24, 2.45) is 16.3 Å². The molecule has 0 spiro atoms. The first-order valence-corrected chi connectivity index (χ1v) is 10.9. The largest absolute Gasteiger partial charge is 0.379 e. The number of fused-ring (bicyclic) bond motifs is 1. The second kappa shape index (κ2) is 9.59. The molecule has 0 aromatic carbocycles. The molecule has 4 atom stereocenters. The minimum atomic E-state index is 0. The van der Waals surface area contributed by atoms with Gasteiger partial charge in [0.2, 0.25) is 0 Å². The van der Waals surface area contributed by atoms with Crippen molar-refractivity contribution in [2.45, 2.75) is 38.5 Å². The van der Waals surface area contributed by atoms with E-state index in [4.69, 9.17) is 9.47 Å². The molecule has 0 radical (unpaired) electrons. The average Bonchev–Trinajstić information content (AvgIpc) is 3.36. The highest BCUT2D eigenvalue weighted by molar-refractivity contribution is 14.0. The molecular weight excluding hydrogens is 487 g/mol. The maximum absolute atomic E-state index is 5.92. The Bertz CT molecular complexity index is 649. The lowest BCUT2D eigenvalue weighted by atomic mass is 9.57. The smallest absolute Gasteiger partial charge is 0.191 e. The maximum atomic E-state index is 5.92. The molecule has 4 rings (SSSR count). The van der Waals surface area contributed by atoms with Crippen LogP contribution in [0.1, 0.15) is 31.2 Å². The second-order valence-corrected chi connectivity index (χ2v) is 9.30. The molecule has 28 heavy (non-hydrogen) atoms. The van der Waals surface area contributed by atoms with E-state index in [0.717, 1.165) is 51.8 Å². The molecule has 8 heteroatoms. The maximum Gasteiger partial charge on any atom is 0.191 e. The number of ether oxygens (including phenoxy) is 2. The van der Waals surface area contributed by atoms with E-state index in [-0.39, 0.29) is 29.4 Å². The summed E-state index contributed by atoms with van der Waals surface area (Å²) in [7, 11) is 1.86. The van der Waals surface area contributed by atoms with E-state index in [9.17, 15) is 0 Å². The van der Waals surface area contributed by atoms with Crippen LogP contribution in [0.25, 0.3) is 0 Å². The number of halogens is 1. The molecule has 3 aliphatic rings. The Morgan fingerprint density at radius 2 is 2.14 bits per heavy atom. The molecule has 0 amide bonds. The number of guanidine groups is 1. The number of nitrogens with one attached hydrogen (secondary N) is 2. The van der Waals surface area contributed by atoms with Crippen molar-refractivity contribution < 1.29 is 9.47 Å². The number of rotatable bonds is 5. The Balaban J connectivity index is 0.00000225. The van der Waals surface area contributed by atoms with Gasteiger partial charge in [-0.3, -0.25) is 9.89 Å². The number of hydrogen-bond donors (Lipinski definition) is 2. The van der Waals surface area contributed by atoms with Gasteiger partial charge in [0.1, 0.15) is 0 Å². The first-order valence-electron chi connectivity index (χ1n) is 10.0. The van der Waals surface area contributed by atoms with E-state index >= 15 is 0 Å². The summed E-state index contributed by atoms with van der Waals surface area (Å²) in [5.74, 6) is 1.50. The summed E-state index contributed by atoms with van der Waals surface area (Å²) >= 11 is 1.83. The van der Waals surface area contributed by atoms with Gasteiger partial charge in [-0.15, -0.1) is 35.3 Å². The van der Waals surface area contributed by atoms with E-state index < -0.39 is 0 Å². The fourth-order valence-corrected chi connectivity index (χ4v) is 5.79. The normalized spacial score (nSPS) is 30.7. The molecule has 0 bridgehead atoms. The Kier molecular flexibility index (Phi) is 7.63. The van der Waals surface area contributed by atoms with E-state index in [1.807, 2.05) is 18.4 Å². The van der Waals surface area contributed by atoms with Crippen molar-refractivity contribution in [3.63, 3.8) is 0 Å². The molecule has 1 aromatic rings. The second-order valence-electron chi connectivity index (χ2n) is 8.32. The van der Waals surface area contributed by atoms with Gasteiger partial charge in [0.15, 0.2) is 5.96 Å². The van der Waals surface area contributed by atoms with Crippen LogP contribution in [-0.2, 0) is 9.47 Å². The Morgan fingerprint density at radius 1 is 1.36 bits per heavy atom. The molecule has 6 nitrogen and oxygen atoms in total. The van der Waals surface area contributed by atoms with Gasteiger partial charge in [0.25, 0.3) is 0 Å². The van der Waals surface area contributed by atoms with Gasteiger partial charge in [-0.2, -0.15) is 0 Å². The summed E-state index contributed by atoms with van der Waals surface area (Å²) < 4.78 is 11.5. The van der Waals surface area contributed by atoms with Gasteiger partial charge in [0.05, 0.1) is 25.4 Å². The summed E-state index contributed by atoms with van der Waals surface area (Å²) in [6, 6.07) is 5.14. The zero-order valence-electron chi connectivity index (χ0n) is 17.0. The topological polar surface area (TPSA) is 58.1 Å². The minimum absolute atomic E-state index is 0. The Morgan fingerprint density at radius 3 is 2.82 bits per heavy atom. The van der Waals surface area contributed by atoms with Gasteiger partial charge in [0, 0.05) is 55.5 Å². The van der Waals surface area contributed by atoms with Gasteiger partial charge in [-0.25, -0.2) is 0 Å². The van der Waals surface area contributed by atoms with E-state index in [0.29, 0.717) is 24.1 Å². The summed E-state index contributed by atoms with van der Waals surface area (Å²) in [5.41, 5.74) is 0.149. The van der Waals surface area contributed by atoms with Crippen molar-refractivity contribution in [3.05, 3.63) is 22.4 Å². The Labute approximate surface area is 189 Å². The summed E-state index contributed by atoms with van der Waals surface area (Å²) in [6.07, 6.45) is 1.54. The summed E-state index contributed by atoms with van der Waals surface area (Å²) in [5, 5.41) is 9.44. The van der Waals surface area contributed by atoms with Crippen LogP contribution in [0.4, 0.5) is 0 Å². The van der Waals surface area contributed by atoms with Crippen LogP contribution >= 0.6 is 35.3 Å². The molecule has 3 heterocycles. The van der Waals surface area contributed by atoms with Crippen molar-refractivity contribution in [1.29, 1.82) is 0 Å². The molecule has 4 unspecified atom stereocenters. The SMILES string of the molecule is CN=C(NCC(c1cccs1)N1CCOCC1)NC1C2CCOC2C1(C)C.I. The molecule has 2 N–H and O–H groups in total. The lowest BCUT2D eigenvalue weighted by Crippen LogP contribution is -2.68. The lowest BCUT2D eigenvalue weighted by molar-refractivity contribution is -0.106. The molecule has 3 fully saturated rings. The van der Waals surface area contributed by atoms with Gasteiger partial charge in [-0.1, -0.05) is 19.9 Å². The van der Waals surface area contributed by atoms with Gasteiger partial charge in [-0.05, 0) is 17.9 Å². The highest BCUT2D eigenvalue weighted by Gasteiger charge is 2.59. The number of hydrogen-bond acceptors (Lipinski definition) is 5. The van der Waals surface area contributed by atoms with Crippen LogP contribution in [-0.4, -0.2) is 69.5 Å². The standard InChI is InChI=1S/C20H32N4O2S.HI/c1-20(2)17(14-6-9-26-18(14)20)23-19(21-3)22-13-15(16-5-4-12-27-16)24-7-10-25-11-8-24;/h4-5,12,14-15,17-18H,6-11,13H2,1-3H3,(H2,21,22,23);1H. The molecular formula is C20H33IN4O2S. The van der Waals surface area contributed by atoms with Crippen molar-refractivity contribution in [3.8, 4) is 0 Å². The van der Waals surface area contributed by atoms with E-state index in [1.54, 1.807) is 0 Å². The van der Waals surface area contributed by atoms with E-state index in [2.05, 4.69) is 51.9 Å². The first-order chi connectivity index (χ1) is 13.1. The number of aliphatic imine (C=N–C) groups is 1. The Hall–Kier alpha value is -0.420. The fourth-order valence-electron chi connectivity index (χ4n) is 4.93. The molecule has 1 saturated carbocycles. The highest BCUT2D eigenvalue weighted by Crippen LogP contribution is 2.52. The van der Waals surface area contributed by atoms with Crippen molar-refractivity contribution >= 4 is 41.3 Å². The first kappa shape index (κ1) is 22.3. The molecule has 2 saturated heterocycles. The van der Waals surface area contributed by atoms with Crippen LogP contribution in [0.3, 0.4) is 0 Å². The number of thiophene rings is 1. The van der Waals surface area contributed by atoms with Crippen LogP contribution in [0.2, 0.25) is 0 Å². The monoisotopic (exact) mass is 520 g/mol. The van der Waals surface area contributed by atoms with Crippen molar-refractivity contribution in [1.82, 2.24) is 15.5 Å². The highest BCUT2D eigenvalue weighted by atomic mass is 127. The zero-order valence-corrected chi connectivity index (χ0v) is 20.2. The quantitative estimate of drug-likeness (QED) is 0.356. The number of nitrogens with zero attached hydrogens (tertiary/aromatic N) is 2. The molecule has 1 aromatic heterocycles. The third-order valence-corrected chi connectivity index (χ3v) is 7.41. The molecule has 2 aliphatic heterocycles. The van der Waals surface area contributed by atoms with Gasteiger partial charge < -0.3 is 20.1 Å². The zero-order chi connectivity index (χ0) is 18.9. The van der Waals surface area contributed by atoms with Crippen LogP contribution in [0.5, 0.6) is 0 Å². The summed E-state index contributed by atoms with van der Waals surface area (Å²) in [6.45, 7) is 9.92. The minimum Gasteiger partial charge on any atom is -0.379 e. The molecule has 1 aliphatic carbocycles. The van der Waals surface area contributed by atoms with Crippen LogP contribution < -0.4 is 10.6 Å². The van der Waals surface area contributed by atoms with Gasteiger partial charge >= 0.3 is 0 Å².